The fourth-order valence-corrected chi connectivity index (χ4v) is 3.39. The number of halogens is 1. The van der Waals surface area contributed by atoms with E-state index in [1.165, 1.54) is 25.0 Å². The Kier molecular flexibility index (Phi) is 9.92. The zero-order valence-electron chi connectivity index (χ0n) is 14.3. The summed E-state index contributed by atoms with van der Waals surface area (Å²) in [5.41, 5.74) is 0. The van der Waals surface area contributed by atoms with Crippen molar-refractivity contribution in [1.82, 2.24) is 25.4 Å². The van der Waals surface area contributed by atoms with Crippen molar-refractivity contribution in [2.24, 2.45) is 12.0 Å². The van der Waals surface area contributed by atoms with E-state index < -0.39 is 0 Å². The highest BCUT2D eigenvalue weighted by molar-refractivity contribution is 14.0. The van der Waals surface area contributed by atoms with E-state index in [0.717, 1.165) is 36.3 Å². The zero-order chi connectivity index (χ0) is 15.8. The molecule has 1 aromatic heterocycles. The van der Waals surface area contributed by atoms with E-state index in [2.05, 4.69) is 27.8 Å². The molecule has 0 aromatic carbocycles. The minimum absolute atomic E-state index is 0. The summed E-state index contributed by atoms with van der Waals surface area (Å²) < 4.78 is 1.99. The van der Waals surface area contributed by atoms with Crippen molar-refractivity contribution in [3.63, 3.8) is 0 Å². The van der Waals surface area contributed by atoms with E-state index in [0.29, 0.717) is 12.6 Å². The molecule has 23 heavy (non-hydrogen) atoms. The van der Waals surface area contributed by atoms with Crippen LogP contribution in [0.15, 0.2) is 4.99 Å². The van der Waals surface area contributed by atoms with Crippen molar-refractivity contribution in [2.75, 3.05) is 18.1 Å². The monoisotopic (exact) mass is 452 g/mol. The van der Waals surface area contributed by atoms with Crippen LogP contribution >= 0.6 is 35.7 Å². The molecule has 2 heterocycles. The number of aliphatic imine (C=N–C) groups is 1. The van der Waals surface area contributed by atoms with Crippen molar-refractivity contribution in [2.45, 2.75) is 52.1 Å². The summed E-state index contributed by atoms with van der Waals surface area (Å²) in [5.74, 6) is 5.17. The van der Waals surface area contributed by atoms with Gasteiger partial charge in [0.1, 0.15) is 12.4 Å². The number of unbranched alkanes of at least 4 members (excludes halogenated alkanes) is 1. The lowest BCUT2D eigenvalue weighted by Crippen LogP contribution is -2.45. The van der Waals surface area contributed by atoms with E-state index >= 15 is 0 Å². The van der Waals surface area contributed by atoms with Gasteiger partial charge < -0.3 is 15.2 Å². The maximum atomic E-state index is 4.70. The molecular weight excluding hydrogens is 423 g/mol. The Bertz CT molecular complexity index is 484. The van der Waals surface area contributed by atoms with E-state index in [4.69, 9.17) is 4.99 Å². The Morgan fingerprint density at radius 3 is 2.87 bits per heavy atom. The molecule has 6 nitrogen and oxygen atoms in total. The Labute approximate surface area is 160 Å². The summed E-state index contributed by atoms with van der Waals surface area (Å²) in [6, 6.07) is 0.521. The number of aromatic nitrogens is 3. The number of hydrogen-bond acceptors (Lipinski definition) is 4. The van der Waals surface area contributed by atoms with Gasteiger partial charge in [-0.05, 0) is 31.9 Å². The lowest BCUT2D eigenvalue weighted by Gasteiger charge is -2.24. The molecule has 1 aromatic rings. The molecule has 0 spiro atoms. The largest absolute Gasteiger partial charge is 0.356 e. The van der Waals surface area contributed by atoms with Gasteiger partial charge in [-0.25, -0.2) is 4.99 Å². The third kappa shape index (κ3) is 6.86. The number of thioether (sulfide) groups is 1. The zero-order valence-corrected chi connectivity index (χ0v) is 17.5. The number of guanidine groups is 1. The molecule has 0 amide bonds. The fraction of sp³-hybridized carbons (Fsp3) is 0.800. The maximum Gasteiger partial charge on any atom is 0.191 e. The minimum atomic E-state index is 0. The van der Waals surface area contributed by atoms with Gasteiger partial charge >= 0.3 is 0 Å². The molecule has 0 bridgehead atoms. The molecule has 0 aliphatic carbocycles. The number of nitrogens with one attached hydrogen (secondary N) is 2. The van der Waals surface area contributed by atoms with Gasteiger partial charge in [-0.2, -0.15) is 11.8 Å². The van der Waals surface area contributed by atoms with Gasteiger partial charge in [0.2, 0.25) is 0 Å². The minimum Gasteiger partial charge on any atom is -0.356 e. The van der Waals surface area contributed by atoms with Crippen LogP contribution in [0, 0.1) is 6.92 Å². The summed E-state index contributed by atoms with van der Waals surface area (Å²) in [4.78, 5) is 4.70. The highest BCUT2D eigenvalue weighted by Crippen LogP contribution is 2.16. The molecule has 2 N–H and O–H groups in total. The number of hydrogen-bond donors (Lipinski definition) is 2. The molecule has 8 heteroatoms. The smallest absolute Gasteiger partial charge is 0.191 e. The summed E-state index contributed by atoms with van der Waals surface area (Å²) >= 11 is 2.02. The van der Waals surface area contributed by atoms with Crippen LogP contribution in [0.4, 0.5) is 0 Å². The number of nitrogens with zero attached hydrogens (tertiary/aromatic N) is 4. The van der Waals surface area contributed by atoms with Crippen LogP contribution < -0.4 is 10.6 Å². The molecule has 0 radical (unpaired) electrons. The first-order valence-corrected chi connectivity index (χ1v) is 9.33. The van der Waals surface area contributed by atoms with Crippen molar-refractivity contribution in [3.8, 4) is 0 Å². The van der Waals surface area contributed by atoms with Crippen molar-refractivity contribution < 1.29 is 0 Å². The molecule has 132 valence electrons. The molecule has 1 aliphatic heterocycles. The van der Waals surface area contributed by atoms with Crippen molar-refractivity contribution in [3.05, 3.63) is 11.6 Å². The molecule has 1 fully saturated rings. The SMILES string of the molecule is CCCCNC(=NCc1nnc(C)n1C)NC1CCCSC1.I. The average molecular weight is 452 g/mol. The topological polar surface area (TPSA) is 67.1 Å². The van der Waals surface area contributed by atoms with E-state index in [1.54, 1.807) is 0 Å². The van der Waals surface area contributed by atoms with Crippen LogP contribution in [-0.4, -0.2) is 44.8 Å². The van der Waals surface area contributed by atoms with Gasteiger partial charge in [-0.3, -0.25) is 0 Å². The van der Waals surface area contributed by atoms with Crippen LogP contribution in [0.1, 0.15) is 44.3 Å². The van der Waals surface area contributed by atoms with Gasteiger partial charge in [0.15, 0.2) is 11.8 Å². The Morgan fingerprint density at radius 1 is 1.43 bits per heavy atom. The first kappa shape index (κ1) is 20.5. The summed E-state index contributed by atoms with van der Waals surface area (Å²) in [6.45, 7) is 5.67. The quantitative estimate of drug-likeness (QED) is 0.301. The molecule has 1 saturated heterocycles. The van der Waals surface area contributed by atoms with Crippen LogP contribution in [0.2, 0.25) is 0 Å². The van der Waals surface area contributed by atoms with Gasteiger partial charge in [0, 0.05) is 25.4 Å². The lowest BCUT2D eigenvalue weighted by atomic mass is 10.2. The lowest BCUT2D eigenvalue weighted by molar-refractivity contribution is 0.578. The predicted octanol–water partition coefficient (Wildman–Crippen LogP) is 2.47. The Morgan fingerprint density at radius 2 is 2.26 bits per heavy atom. The molecular formula is C15H29IN6S. The Hall–Kier alpha value is -0.510. The molecule has 1 unspecified atom stereocenters. The maximum absolute atomic E-state index is 4.70. The van der Waals surface area contributed by atoms with Crippen LogP contribution in [0.25, 0.3) is 0 Å². The molecule has 1 aliphatic rings. The molecule has 2 rings (SSSR count). The second-order valence-corrected chi connectivity index (χ2v) is 6.88. The van der Waals surface area contributed by atoms with Gasteiger partial charge in [0.05, 0.1) is 0 Å². The second-order valence-electron chi connectivity index (χ2n) is 5.73. The van der Waals surface area contributed by atoms with Crippen LogP contribution in [-0.2, 0) is 13.6 Å². The summed E-state index contributed by atoms with van der Waals surface area (Å²) in [6.07, 6.45) is 4.85. The third-order valence-corrected chi connectivity index (χ3v) is 5.10. The number of rotatable bonds is 6. The normalized spacial score (nSPS) is 18.4. The van der Waals surface area contributed by atoms with E-state index in [-0.39, 0.29) is 24.0 Å². The Balaban J connectivity index is 0.00000264. The van der Waals surface area contributed by atoms with Gasteiger partial charge in [-0.1, -0.05) is 13.3 Å². The first-order chi connectivity index (χ1) is 10.7. The van der Waals surface area contributed by atoms with E-state index in [9.17, 15) is 0 Å². The van der Waals surface area contributed by atoms with Crippen LogP contribution in [0.3, 0.4) is 0 Å². The standard InChI is InChI=1S/C15H28N6S.HI/c1-4-5-8-16-15(18-13-7-6-9-22-11-13)17-10-14-20-19-12(2)21(14)3;/h13H,4-11H2,1-3H3,(H2,16,17,18);1H. The molecule has 1 atom stereocenters. The number of aryl methyl sites for hydroxylation is 1. The summed E-state index contributed by atoms with van der Waals surface area (Å²) in [5, 5.41) is 15.3. The highest BCUT2D eigenvalue weighted by atomic mass is 127. The fourth-order valence-electron chi connectivity index (χ4n) is 2.32. The van der Waals surface area contributed by atoms with Crippen LogP contribution in [0.5, 0.6) is 0 Å². The van der Waals surface area contributed by atoms with E-state index in [1.807, 2.05) is 30.3 Å². The summed E-state index contributed by atoms with van der Waals surface area (Å²) in [7, 11) is 1.98. The van der Waals surface area contributed by atoms with Crippen molar-refractivity contribution in [1.29, 1.82) is 0 Å². The second kappa shape index (κ2) is 11.1. The highest BCUT2D eigenvalue weighted by Gasteiger charge is 2.15. The third-order valence-electron chi connectivity index (χ3n) is 3.89. The first-order valence-electron chi connectivity index (χ1n) is 8.18. The molecule has 0 saturated carbocycles. The average Bonchev–Trinajstić information content (AvgIpc) is 2.85. The van der Waals surface area contributed by atoms with Gasteiger partial charge in [-0.15, -0.1) is 34.2 Å². The van der Waals surface area contributed by atoms with Gasteiger partial charge in [0.25, 0.3) is 0 Å². The van der Waals surface area contributed by atoms with Crippen molar-refractivity contribution >= 4 is 41.7 Å². The predicted molar refractivity (Wildman–Crippen MR) is 109 cm³/mol.